The van der Waals surface area contributed by atoms with Crippen molar-refractivity contribution in [2.45, 2.75) is 26.2 Å². The molecule has 0 saturated carbocycles. The van der Waals surface area contributed by atoms with Crippen LogP contribution in [-0.2, 0) is 0 Å². The van der Waals surface area contributed by atoms with Gasteiger partial charge in [0.15, 0.2) is 0 Å². The van der Waals surface area contributed by atoms with Gasteiger partial charge >= 0.3 is 0 Å². The van der Waals surface area contributed by atoms with Crippen molar-refractivity contribution in [3.8, 4) is 0 Å². The normalized spacial score (nSPS) is 18.9. The fourth-order valence-corrected chi connectivity index (χ4v) is 2.69. The van der Waals surface area contributed by atoms with Crippen LogP contribution in [0.15, 0.2) is 18.3 Å². The second-order valence-corrected chi connectivity index (χ2v) is 5.23. The summed E-state index contributed by atoms with van der Waals surface area (Å²) >= 11 is 0. The summed E-state index contributed by atoms with van der Waals surface area (Å²) in [5.74, 6) is 1.23. The van der Waals surface area contributed by atoms with Crippen LogP contribution in [0.4, 0.5) is 5.82 Å². The number of aliphatic hydroxyl groups excluding tert-OH is 1. The van der Waals surface area contributed by atoms with Gasteiger partial charge in [0.1, 0.15) is 5.82 Å². The van der Waals surface area contributed by atoms with E-state index >= 15 is 0 Å². The highest BCUT2D eigenvalue weighted by Crippen LogP contribution is 2.21. The zero-order valence-corrected chi connectivity index (χ0v) is 12.0. The molecule has 1 saturated heterocycles. The number of nitrogens with one attached hydrogen (secondary N) is 1. The lowest BCUT2D eigenvalue weighted by atomic mass is 9.95. The topological polar surface area (TPSA) is 65.5 Å². The van der Waals surface area contributed by atoms with Crippen molar-refractivity contribution in [3.63, 3.8) is 0 Å². The predicted molar refractivity (Wildman–Crippen MR) is 78.7 cm³/mol. The highest BCUT2D eigenvalue weighted by Gasteiger charge is 2.24. The highest BCUT2D eigenvalue weighted by atomic mass is 16.3. The number of hydrogen-bond donors (Lipinski definition) is 2. The van der Waals surface area contributed by atoms with Gasteiger partial charge < -0.3 is 15.3 Å². The molecule has 0 radical (unpaired) electrons. The maximum absolute atomic E-state index is 12.5. The maximum atomic E-state index is 12.5. The van der Waals surface area contributed by atoms with Gasteiger partial charge in [0.25, 0.3) is 5.91 Å². The van der Waals surface area contributed by atoms with E-state index in [2.05, 4.69) is 10.3 Å². The fraction of sp³-hybridized carbons (Fsp3) is 0.600. The molecule has 1 aliphatic rings. The van der Waals surface area contributed by atoms with Crippen LogP contribution >= 0.6 is 0 Å². The van der Waals surface area contributed by atoms with Gasteiger partial charge in [-0.15, -0.1) is 0 Å². The molecule has 1 unspecified atom stereocenters. The third-order valence-corrected chi connectivity index (χ3v) is 3.71. The van der Waals surface area contributed by atoms with Crippen molar-refractivity contribution in [3.05, 3.63) is 23.9 Å². The van der Waals surface area contributed by atoms with Gasteiger partial charge in [0, 0.05) is 38.0 Å². The summed E-state index contributed by atoms with van der Waals surface area (Å²) in [4.78, 5) is 18.6. The van der Waals surface area contributed by atoms with Crippen LogP contribution in [0.2, 0.25) is 0 Å². The number of likely N-dealkylation sites (tertiary alicyclic amines) is 1. The van der Waals surface area contributed by atoms with E-state index in [1.54, 1.807) is 12.3 Å². The lowest BCUT2D eigenvalue weighted by molar-refractivity contribution is 0.0653. The van der Waals surface area contributed by atoms with Crippen LogP contribution in [0.25, 0.3) is 0 Å². The Hall–Kier alpha value is -1.62. The number of anilines is 1. The number of carbonyl (C=O) groups is 1. The van der Waals surface area contributed by atoms with E-state index in [0.29, 0.717) is 11.5 Å². The van der Waals surface area contributed by atoms with Crippen LogP contribution < -0.4 is 5.32 Å². The number of carbonyl (C=O) groups excluding carboxylic acids is 1. The Bertz CT molecular complexity index is 448. The maximum Gasteiger partial charge on any atom is 0.254 e. The van der Waals surface area contributed by atoms with E-state index in [9.17, 15) is 4.79 Å². The van der Waals surface area contributed by atoms with Crippen molar-refractivity contribution in [1.29, 1.82) is 0 Å². The molecule has 0 bridgehead atoms. The lowest BCUT2D eigenvalue weighted by Crippen LogP contribution is -2.40. The third-order valence-electron chi connectivity index (χ3n) is 3.71. The molecule has 2 heterocycles. The number of aliphatic hydroxyl groups is 1. The SMILES string of the molecule is CCNc1cc(C(=O)N2CCCC(CCO)C2)ccn1. The Morgan fingerprint density at radius 3 is 3.20 bits per heavy atom. The summed E-state index contributed by atoms with van der Waals surface area (Å²) in [6.45, 7) is 4.54. The smallest absolute Gasteiger partial charge is 0.254 e. The highest BCUT2D eigenvalue weighted by molar-refractivity contribution is 5.94. The number of rotatable bonds is 5. The van der Waals surface area contributed by atoms with Crippen LogP contribution in [0, 0.1) is 5.92 Å². The van der Waals surface area contributed by atoms with Crippen molar-refractivity contribution in [2.24, 2.45) is 5.92 Å². The van der Waals surface area contributed by atoms with Crippen LogP contribution in [-0.4, -0.2) is 47.1 Å². The molecule has 110 valence electrons. The number of pyridine rings is 1. The Kier molecular flexibility index (Phi) is 5.35. The first-order chi connectivity index (χ1) is 9.74. The summed E-state index contributed by atoms with van der Waals surface area (Å²) in [5.41, 5.74) is 0.681. The van der Waals surface area contributed by atoms with Gasteiger partial charge in [-0.1, -0.05) is 0 Å². The number of amides is 1. The first-order valence-electron chi connectivity index (χ1n) is 7.34. The number of piperidine rings is 1. The molecule has 0 aromatic carbocycles. The van der Waals surface area contributed by atoms with Crippen molar-refractivity contribution in [1.82, 2.24) is 9.88 Å². The zero-order valence-electron chi connectivity index (χ0n) is 12.0. The molecular weight excluding hydrogens is 254 g/mol. The molecule has 1 fully saturated rings. The minimum Gasteiger partial charge on any atom is -0.396 e. The first-order valence-corrected chi connectivity index (χ1v) is 7.34. The van der Waals surface area contributed by atoms with E-state index in [1.807, 2.05) is 17.9 Å². The molecule has 0 spiro atoms. The molecule has 2 N–H and O–H groups in total. The standard InChI is InChI=1S/C15H23N3O2/c1-2-16-14-10-13(5-7-17-14)15(20)18-8-3-4-12(11-18)6-9-19/h5,7,10,12,19H,2-4,6,8-9,11H2,1H3,(H,16,17). The Labute approximate surface area is 120 Å². The molecule has 1 aromatic rings. The van der Waals surface area contributed by atoms with Gasteiger partial charge in [-0.25, -0.2) is 4.98 Å². The summed E-state index contributed by atoms with van der Waals surface area (Å²) in [6, 6.07) is 3.57. The molecular formula is C15H23N3O2. The minimum atomic E-state index is 0.0641. The third kappa shape index (κ3) is 3.70. The molecule has 1 aromatic heterocycles. The quantitative estimate of drug-likeness (QED) is 0.860. The Balaban J connectivity index is 2.04. The fourth-order valence-electron chi connectivity index (χ4n) is 2.69. The summed E-state index contributed by atoms with van der Waals surface area (Å²) in [6.07, 6.45) is 4.56. The second-order valence-electron chi connectivity index (χ2n) is 5.23. The number of aromatic nitrogens is 1. The number of hydrogen-bond acceptors (Lipinski definition) is 4. The van der Waals surface area contributed by atoms with E-state index in [1.165, 1.54) is 0 Å². The molecule has 1 amide bonds. The van der Waals surface area contributed by atoms with Gasteiger partial charge in [0.2, 0.25) is 0 Å². The average Bonchev–Trinajstić information content (AvgIpc) is 2.48. The van der Waals surface area contributed by atoms with Crippen molar-refractivity contribution in [2.75, 3.05) is 31.6 Å². The van der Waals surface area contributed by atoms with Crippen LogP contribution in [0.3, 0.4) is 0 Å². The molecule has 1 aliphatic heterocycles. The Morgan fingerprint density at radius 2 is 2.45 bits per heavy atom. The van der Waals surface area contributed by atoms with Crippen molar-refractivity contribution >= 4 is 11.7 Å². The summed E-state index contributed by atoms with van der Waals surface area (Å²) < 4.78 is 0. The number of nitrogens with zero attached hydrogens (tertiary/aromatic N) is 2. The molecule has 5 nitrogen and oxygen atoms in total. The van der Waals surface area contributed by atoms with Crippen LogP contribution in [0.5, 0.6) is 0 Å². The first kappa shape index (κ1) is 14.8. The van der Waals surface area contributed by atoms with E-state index in [0.717, 1.165) is 44.7 Å². The van der Waals surface area contributed by atoms with Crippen molar-refractivity contribution < 1.29 is 9.90 Å². The van der Waals surface area contributed by atoms with E-state index in [-0.39, 0.29) is 12.5 Å². The molecule has 1 atom stereocenters. The average molecular weight is 277 g/mol. The predicted octanol–water partition coefficient (Wildman–Crippen LogP) is 1.75. The lowest BCUT2D eigenvalue weighted by Gasteiger charge is -2.32. The summed E-state index contributed by atoms with van der Waals surface area (Å²) in [5, 5.41) is 12.2. The van der Waals surface area contributed by atoms with Gasteiger partial charge in [-0.3, -0.25) is 4.79 Å². The van der Waals surface area contributed by atoms with Gasteiger partial charge in [-0.05, 0) is 44.2 Å². The minimum absolute atomic E-state index is 0.0641. The van der Waals surface area contributed by atoms with Gasteiger partial charge in [0.05, 0.1) is 0 Å². The largest absolute Gasteiger partial charge is 0.396 e. The van der Waals surface area contributed by atoms with Gasteiger partial charge in [-0.2, -0.15) is 0 Å². The molecule has 5 heteroatoms. The summed E-state index contributed by atoms with van der Waals surface area (Å²) in [7, 11) is 0. The second kappa shape index (κ2) is 7.24. The van der Waals surface area contributed by atoms with E-state index < -0.39 is 0 Å². The molecule has 20 heavy (non-hydrogen) atoms. The zero-order chi connectivity index (χ0) is 14.4. The van der Waals surface area contributed by atoms with Crippen LogP contribution in [0.1, 0.15) is 36.5 Å². The van der Waals surface area contributed by atoms with E-state index in [4.69, 9.17) is 5.11 Å². The monoisotopic (exact) mass is 277 g/mol. The molecule has 0 aliphatic carbocycles. The molecule has 2 rings (SSSR count). The Morgan fingerprint density at radius 1 is 1.60 bits per heavy atom.